The Bertz CT molecular complexity index is 433. The van der Waals surface area contributed by atoms with E-state index in [0.717, 1.165) is 32.4 Å². The first-order valence-corrected chi connectivity index (χ1v) is 7.00. The molecule has 20 heavy (non-hydrogen) atoms. The largest absolute Gasteiger partial charge is 0.506 e. The topological polar surface area (TPSA) is 83.5 Å². The number of hydrogen-bond donors (Lipinski definition) is 3. The molecule has 0 radical (unpaired) electrons. The number of nitrogens with zero attached hydrogens (tertiary/aromatic N) is 1. The highest BCUT2D eigenvalue weighted by atomic mass is 16.5. The van der Waals surface area contributed by atoms with Crippen LogP contribution in [0.3, 0.4) is 0 Å². The lowest BCUT2D eigenvalue weighted by atomic mass is 10.1. The monoisotopic (exact) mass is 279 g/mol. The third-order valence-electron chi connectivity index (χ3n) is 3.23. The Morgan fingerprint density at radius 1 is 1.45 bits per heavy atom. The quantitative estimate of drug-likeness (QED) is 0.667. The van der Waals surface area contributed by atoms with Crippen molar-refractivity contribution in [3.8, 4) is 5.75 Å². The minimum Gasteiger partial charge on any atom is -0.506 e. The van der Waals surface area contributed by atoms with E-state index in [1.165, 1.54) is 18.5 Å². The number of amides is 1. The fraction of sp³-hybridized carbons (Fsp3) is 0.571. The van der Waals surface area contributed by atoms with Crippen LogP contribution in [0.25, 0.3) is 0 Å². The van der Waals surface area contributed by atoms with Crippen LogP contribution in [-0.2, 0) is 4.74 Å². The van der Waals surface area contributed by atoms with Crippen molar-refractivity contribution in [2.75, 3.05) is 26.2 Å². The van der Waals surface area contributed by atoms with Crippen molar-refractivity contribution in [1.82, 2.24) is 15.6 Å². The predicted molar refractivity (Wildman–Crippen MR) is 74.7 cm³/mol. The zero-order chi connectivity index (χ0) is 14.2. The molecule has 1 aromatic heterocycles. The molecule has 6 heteroatoms. The molecule has 6 nitrogen and oxygen atoms in total. The van der Waals surface area contributed by atoms with Gasteiger partial charge in [0.15, 0.2) is 0 Å². The van der Waals surface area contributed by atoms with Gasteiger partial charge in [0, 0.05) is 19.3 Å². The molecule has 1 saturated heterocycles. The summed E-state index contributed by atoms with van der Waals surface area (Å²) in [4.78, 5) is 15.5. The van der Waals surface area contributed by atoms with Gasteiger partial charge in [0.1, 0.15) is 5.75 Å². The second-order valence-corrected chi connectivity index (χ2v) is 4.86. The van der Waals surface area contributed by atoms with Crippen molar-refractivity contribution in [3.63, 3.8) is 0 Å². The van der Waals surface area contributed by atoms with E-state index in [0.29, 0.717) is 24.8 Å². The van der Waals surface area contributed by atoms with Crippen LogP contribution in [-0.4, -0.2) is 48.3 Å². The molecule has 2 rings (SSSR count). The van der Waals surface area contributed by atoms with Crippen LogP contribution in [0.2, 0.25) is 0 Å². The van der Waals surface area contributed by atoms with Gasteiger partial charge < -0.3 is 20.5 Å². The molecular weight excluding hydrogens is 258 g/mol. The van der Waals surface area contributed by atoms with Gasteiger partial charge in [0.2, 0.25) is 0 Å². The van der Waals surface area contributed by atoms with E-state index in [2.05, 4.69) is 15.6 Å². The van der Waals surface area contributed by atoms with Crippen molar-refractivity contribution in [2.24, 2.45) is 0 Å². The number of hydrogen-bond acceptors (Lipinski definition) is 5. The number of ether oxygens (including phenoxy) is 1. The fourth-order valence-corrected chi connectivity index (χ4v) is 2.14. The molecule has 110 valence electrons. The molecule has 0 atom stereocenters. The second-order valence-electron chi connectivity index (χ2n) is 4.86. The van der Waals surface area contributed by atoms with Gasteiger partial charge in [-0.3, -0.25) is 9.78 Å². The van der Waals surface area contributed by atoms with Gasteiger partial charge in [-0.25, -0.2) is 0 Å². The Kier molecular flexibility index (Phi) is 5.76. The Morgan fingerprint density at radius 3 is 3.00 bits per heavy atom. The first-order chi connectivity index (χ1) is 9.75. The molecule has 0 aromatic carbocycles. The van der Waals surface area contributed by atoms with E-state index in [4.69, 9.17) is 4.74 Å². The van der Waals surface area contributed by atoms with Gasteiger partial charge in [-0.05, 0) is 38.4 Å². The number of carbonyl (C=O) groups is 1. The van der Waals surface area contributed by atoms with Crippen molar-refractivity contribution in [2.45, 2.75) is 25.4 Å². The summed E-state index contributed by atoms with van der Waals surface area (Å²) in [6, 6.07) is 1.40. The van der Waals surface area contributed by atoms with Gasteiger partial charge >= 0.3 is 0 Å². The summed E-state index contributed by atoms with van der Waals surface area (Å²) in [6.45, 7) is 3.25. The standard InChI is InChI=1S/C14H21N3O3/c18-12-8-11(9-16-10-12)14(19)17-4-1-7-20-13-2-5-15-6-3-13/h8-10,13,15,18H,1-7H2,(H,17,19). The number of aromatic hydroxyl groups is 1. The van der Waals surface area contributed by atoms with Crippen LogP contribution in [0.4, 0.5) is 0 Å². The zero-order valence-electron chi connectivity index (χ0n) is 11.5. The molecule has 0 bridgehead atoms. The lowest BCUT2D eigenvalue weighted by molar-refractivity contribution is 0.0318. The third-order valence-corrected chi connectivity index (χ3v) is 3.23. The average molecular weight is 279 g/mol. The number of piperidine rings is 1. The van der Waals surface area contributed by atoms with E-state index in [1.807, 2.05) is 0 Å². The van der Waals surface area contributed by atoms with Crippen LogP contribution in [0.5, 0.6) is 5.75 Å². The highest BCUT2D eigenvalue weighted by Gasteiger charge is 2.12. The van der Waals surface area contributed by atoms with E-state index in [-0.39, 0.29) is 11.7 Å². The summed E-state index contributed by atoms with van der Waals surface area (Å²) < 4.78 is 5.75. The van der Waals surface area contributed by atoms with Crippen LogP contribution in [0, 0.1) is 0 Å². The average Bonchev–Trinajstić information content (AvgIpc) is 2.48. The van der Waals surface area contributed by atoms with Crippen LogP contribution in [0.1, 0.15) is 29.6 Å². The van der Waals surface area contributed by atoms with Crippen molar-refractivity contribution >= 4 is 5.91 Å². The molecule has 0 spiro atoms. The van der Waals surface area contributed by atoms with Crippen LogP contribution in [0.15, 0.2) is 18.5 Å². The number of pyridine rings is 1. The lowest BCUT2D eigenvalue weighted by Crippen LogP contribution is -2.33. The van der Waals surface area contributed by atoms with Gasteiger partial charge in [-0.2, -0.15) is 0 Å². The molecule has 1 aromatic rings. The van der Waals surface area contributed by atoms with E-state index >= 15 is 0 Å². The van der Waals surface area contributed by atoms with Gasteiger partial charge in [0.05, 0.1) is 17.9 Å². The van der Waals surface area contributed by atoms with E-state index < -0.39 is 0 Å². The molecular formula is C14H21N3O3. The first kappa shape index (κ1) is 14.7. The molecule has 3 N–H and O–H groups in total. The number of nitrogens with one attached hydrogen (secondary N) is 2. The molecule has 0 unspecified atom stereocenters. The normalized spacial score (nSPS) is 16.0. The maximum atomic E-state index is 11.8. The third kappa shape index (κ3) is 4.79. The maximum Gasteiger partial charge on any atom is 0.252 e. The van der Waals surface area contributed by atoms with E-state index in [9.17, 15) is 9.90 Å². The van der Waals surface area contributed by atoms with Gasteiger partial charge in [-0.15, -0.1) is 0 Å². The van der Waals surface area contributed by atoms with Crippen molar-refractivity contribution < 1.29 is 14.6 Å². The Labute approximate surface area is 118 Å². The molecule has 0 saturated carbocycles. The highest BCUT2D eigenvalue weighted by molar-refractivity contribution is 5.94. The molecule has 1 fully saturated rings. The van der Waals surface area contributed by atoms with Crippen molar-refractivity contribution in [1.29, 1.82) is 0 Å². The van der Waals surface area contributed by atoms with Crippen LogP contribution < -0.4 is 10.6 Å². The molecule has 1 aliphatic rings. The zero-order valence-corrected chi connectivity index (χ0v) is 11.5. The summed E-state index contributed by atoms with van der Waals surface area (Å²) in [5, 5.41) is 15.3. The molecule has 0 aliphatic carbocycles. The summed E-state index contributed by atoms with van der Waals surface area (Å²) in [7, 11) is 0. The first-order valence-electron chi connectivity index (χ1n) is 7.00. The lowest BCUT2D eigenvalue weighted by Gasteiger charge is -2.22. The fourth-order valence-electron chi connectivity index (χ4n) is 2.14. The smallest absolute Gasteiger partial charge is 0.252 e. The summed E-state index contributed by atoms with van der Waals surface area (Å²) in [5.41, 5.74) is 0.365. The second kappa shape index (κ2) is 7.81. The Hall–Kier alpha value is -1.66. The van der Waals surface area contributed by atoms with Crippen molar-refractivity contribution in [3.05, 3.63) is 24.0 Å². The van der Waals surface area contributed by atoms with Gasteiger partial charge in [-0.1, -0.05) is 0 Å². The van der Waals surface area contributed by atoms with Gasteiger partial charge in [0.25, 0.3) is 5.91 Å². The minimum atomic E-state index is -0.227. The predicted octanol–water partition coefficient (Wildman–Crippen LogP) is 0.676. The summed E-state index contributed by atoms with van der Waals surface area (Å²) in [5.74, 6) is -0.234. The maximum absolute atomic E-state index is 11.8. The minimum absolute atomic E-state index is 0.00751. The summed E-state index contributed by atoms with van der Waals surface area (Å²) >= 11 is 0. The Morgan fingerprint density at radius 2 is 2.25 bits per heavy atom. The SMILES string of the molecule is O=C(NCCCOC1CCNCC1)c1cncc(O)c1. The summed E-state index contributed by atoms with van der Waals surface area (Å²) in [6.07, 6.45) is 5.97. The highest BCUT2D eigenvalue weighted by Crippen LogP contribution is 2.08. The van der Waals surface area contributed by atoms with E-state index in [1.54, 1.807) is 0 Å². The molecule has 1 aliphatic heterocycles. The molecule has 1 amide bonds. The van der Waals surface area contributed by atoms with Crippen LogP contribution >= 0.6 is 0 Å². The molecule has 2 heterocycles. The number of aromatic nitrogens is 1. The number of rotatable bonds is 6. The Balaban J connectivity index is 1.59. The number of carbonyl (C=O) groups excluding carboxylic acids is 1.